The number of H-pyrrole nitrogens is 1. The van der Waals surface area contributed by atoms with Gasteiger partial charge in [0.2, 0.25) is 0 Å². The van der Waals surface area contributed by atoms with Crippen LogP contribution in [-0.4, -0.2) is 24.5 Å². The number of hydrogen-bond donors (Lipinski definition) is 2. The zero-order valence-electron chi connectivity index (χ0n) is 16.3. The van der Waals surface area contributed by atoms with Crippen LogP contribution in [0.2, 0.25) is 5.02 Å². The monoisotopic (exact) mass is 434 g/mol. The summed E-state index contributed by atoms with van der Waals surface area (Å²) in [5, 5.41) is 4.81. The van der Waals surface area contributed by atoms with Crippen LogP contribution in [0.5, 0.6) is 0 Å². The smallest absolute Gasteiger partial charge is 0.264 e. The summed E-state index contributed by atoms with van der Waals surface area (Å²) in [6.07, 6.45) is 2.97. The zero-order chi connectivity index (χ0) is 21.5. The molecular weight excluding hydrogens is 419 g/mol. The SMILES string of the molecule is CC(Nc1ncnc2nc[nH]c12)c1cc2cccc(Cl)c2c(=O)n1-c1ccc(F)cc1. The van der Waals surface area contributed by atoms with Crippen LogP contribution in [0.15, 0.2) is 66.0 Å². The summed E-state index contributed by atoms with van der Waals surface area (Å²) in [7, 11) is 0. The molecule has 3 aromatic heterocycles. The molecule has 0 aliphatic carbocycles. The Morgan fingerprint density at radius 3 is 2.74 bits per heavy atom. The van der Waals surface area contributed by atoms with Crippen LogP contribution in [0, 0.1) is 5.82 Å². The summed E-state index contributed by atoms with van der Waals surface area (Å²) in [6, 6.07) is 12.6. The van der Waals surface area contributed by atoms with Gasteiger partial charge < -0.3 is 10.3 Å². The molecule has 7 nitrogen and oxygen atoms in total. The first kappa shape index (κ1) is 19.2. The highest BCUT2D eigenvalue weighted by Crippen LogP contribution is 2.28. The molecule has 2 N–H and O–H groups in total. The molecule has 0 spiro atoms. The quantitative estimate of drug-likeness (QED) is 0.431. The van der Waals surface area contributed by atoms with E-state index in [1.165, 1.54) is 23.0 Å². The Hall–Kier alpha value is -3.78. The minimum Gasteiger partial charge on any atom is -0.360 e. The van der Waals surface area contributed by atoms with Crippen molar-refractivity contribution in [3.05, 3.63) is 88.1 Å². The predicted molar refractivity (Wildman–Crippen MR) is 118 cm³/mol. The maximum atomic E-state index is 13.5. The van der Waals surface area contributed by atoms with Crippen LogP contribution < -0.4 is 10.9 Å². The minimum absolute atomic E-state index is 0.285. The van der Waals surface area contributed by atoms with E-state index in [2.05, 4.69) is 25.3 Å². The molecule has 5 aromatic rings. The molecular formula is C22H16ClFN6O. The first-order valence-corrected chi connectivity index (χ1v) is 9.91. The van der Waals surface area contributed by atoms with Gasteiger partial charge in [0.25, 0.3) is 5.56 Å². The van der Waals surface area contributed by atoms with Gasteiger partial charge in [0, 0.05) is 11.4 Å². The number of nitrogens with one attached hydrogen (secondary N) is 2. The Labute approximate surface area is 180 Å². The summed E-state index contributed by atoms with van der Waals surface area (Å²) in [4.78, 5) is 29.1. The van der Waals surface area contributed by atoms with Crippen molar-refractivity contribution in [2.75, 3.05) is 5.32 Å². The number of aromatic nitrogens is 5. The number of imidazole rings is 1. The highest BCUT2D eigenvalue weighted by molar-refractivity contribution is 6.35. The number of pyridine rings is 1. The summed E-state index contributed by atoms with van der Waals surface area (Å²) < 4.78 is 15.1. The number of fused-ring (bicyclic) bond motifs is 2. The second-order valence-electron chi connectivity index (χ2n) is 7.08. The first-order chi connectivity index (χ1) is 15.0. The highest BCUT2D eigenvalue weighted by Gasteiger charge is 2.19. The standard InChI is InChI=1S/C22H16ClFN6O/c1-12(29-21-19-20(26-10-25-19)27-11-28-21)17-9-13-3-2-4-16(23)18(13)22(31)30(17)15-7-5-14(24)6-8-15/h2-12H,1H3,(H2,25,26,27,28,29). The largest absolute Gasteiger partial charge is 0.360 e. The fourth-order valence-corrected chi connectivity index (χ4v) is 3.93. The van der Waals surface area contributed by atoms with Gasteiger partial charge in [-0.05, 0) is 48.7 Å². The fourth-order valence-electron chi connectivity index (χ4n) is 3.67. The summed E-state index contributed by atoms with van der Waals surface area (Å²) >= 11 is 6.34. The van der Waals surface area contributed by atoms with Crippen molar-refractivity contribution in [2.45, 2.75) is 13.0 Å². The van der Waals surface area contributed by atoms with Crippen LogP contribution in [0.3, 0.4) is 0 Å². The molecule has 0 saturated carbocycles. The molecule has 1 atom stereocenters. The van der Waals surface area contributed by atoms with Gasteiger partial charge >= 0.3 is 0 Å². The van der Waals surface area contributed by atoms with Gasteiger partial charge in [-0.15, -0.1) is 0 Å². The minimum atomic E-state index is -0.383. The van der Waals surface area contributed by atoms with Crippen LogP contribution in [0.25, 0.3) is 27.6 Å². The summed E-state index contributed by atoms with van der Waals surface area (Å²) in [5.41, 5.74) is 2.11. The second kappa shape index (κ2) is 7.48. The Bertz CT molecular complexity index is 1480. The van der Waals surface area contributed by atoms with Gasteiger partial charge in [0.1, 0.15) is 17.7 Å². The average molecular weight is 435 g/mol. The van der Waals surface area contributed by atoms with E-state index in [9.17, 15) is 9.18 Å². The van der Waals surface area contributed by atoms with Crippen LogP contribution in [0.1, 0.15) is 18.7 Å². The molecule has 1 unspecified atom stereocenters. The van der Waals surface area contributed by atoms with Gasteiger partial charge in [0.05, 0.1) is 22.8 Å². The molecule has 31 heavy (non-hydrogen) atoms. The predicted octanol–water partition coefficient (Wildman–Crippen LogP) is 4.62. The Morgan fingerprint density at radius 2 is 1.94 bits per heavy atom. The van der Waals surface area contributed by atoms with Gasteiger partial charge in [-0.3, -0.25) is 9.36 Å². The molecule has 0 fully saturated rings. The fraction of sp³-hybridized carbons (Fsp3) is 0.0909. The Morgan fingerprint density at radius 1 is 1.13 bits per heavy atom. The van der Waals surface area contributed by atoms with Crippen molar-refractivity contribution in [1.29, 1.82) is 0 Å². The van der Waals surface area contributed by atoms with E-state index in [0.717, 1.165) is 0 Å². The van der Waals surface area contributed by atoms with Crippen molar-refractivity contribution in [2.24, 2.45) is 0 Å². The van der Waals surface area contributed by atoms with Gasteiger partial charge in [-0.1, -0.05) is 23.7 Å². The second-order valence-corrected chi connectivity index (χ2v) is 7.49. The molecule has 9 heteroatoms. The van der Waals surface area contributed by atoms with E-state index in [-0.39, 0.29) is 17.4 Å². The van der Waals surface area contributed by atoms with E-state index in [1.807, 2.05) is 19.1 Å². The number of halogens is 2. The lowest BCUT2D eigenvalue weighted by Gasteiger charge is -2.21. The van der Waals surface area contributed by atoms with Crippen LogP contribution in [0.4, 0.5) is 10.2 Å². The third-order valence-corrected chi connectivity index (χ3v) is 5.44. The van der Waals surface area contributed by atoms with Crippen LogP contribution in [-0.2, 0) is 0 Å². The number of benzene rings is 2. The lowest BCUT2D eigenvalue weighted by molar-refractivity contribution is 0.627. The third-order valence-electron chi connectivity index (χ3n) is 5.13. The van der Waals surface area contributed by atoms with Crippen molar-refractivity contribution < 1.29 is 4.39 Å². The van der Waals surface area contributed by atoms with E-state index in [0.29, 0.717) is 44.2 Å². The van der Waals surface area contributed by atoms with E-state index < -0.39 is 0 Å². The first-order valence-electron chi connectivity index (χ1n) is 9.53. The molecule has 0 aliphatic heterocycles. The number of rotatable bonds is 4. The lowest BCUT2D eigenvalue weighted by atomic mass is 10.1. The molecule has 0 amide bonds. The van der Waals surface area contributed by atoms with Gasteiger partial charge in [-0.2, -0.15) is 0 Å². The normalized spacial score (nSPS) is 12.4. The third kappa shape index (κ3) is 3.30. The summed E-state index contributed by atoms with van der Waals surface area (Å²) in [6.45, 7) is 1.91. The molecule has 3 heterocycles. The summed E-state index contributed by atoms with van der Waals surface area (Å²) in [5.74, 6) is 0.172. The van der Waals surface area contributed by atoms with E-state index >= 15 is 0 Å². The highest BCUT2D eigenvalue weighted by atomic mass is 35.5. The number of nitrogens with zero attached hydrogens (tertiary/aromatic N) is 4. The maximum Gasteiger partial charge on any atom is 0.264 e. The maximum absolute atomic E-state index is 13.5. The lowest BCUT2D eigenvalue weighted by Crippen LogP contribution is -2.26. The molecule has 2 aromatic carbocycles. The molecule has 0 saturated heterocycles. The van der Waals surface area contributed by atoms with Crippen LogP contribution >= 0.6 is 11.6 Å². The van der Waals surface area contributed by atoms with Crippen molar-refractivity contribution in [3.63, 3.8) is 0 Å². The molecule has 5 rings (SSSR count). The number of hydrogen-bond acceptors (Lipinski definition) is 5. The Kier molecular flexibility index (Phi) is 4.63. The van der Waals surface area contributed by atoms with Gasteiger partial charge in [0.15, 0.2) is 11.5 Å². The van der Waals surface area contributed by atoms with E-state index in [4.69, 9.17) is 11.6 Å². The topological polar surface area (TPSA) is 88.5 Å². The number of aromatic amines is 1. The molecule has 0 radical (unpaired) electrons. The Balaban J connectivity index is 1.71. The van der Waals surface area contributed by atoms with Crippen molar-refractivity contribution >= 4 is 39.4 Å². The number of anilines is 1. The van der Waals surface area contributed by atoms with Crippen molar-refractivity contribution in [1.82, 2.24) is 24.5 Å². The molecule has 0 aliphatic rings. The van der Waals surface area contributed by atoms with Gasteiger partial charge in [-0.25, -0.2) is 19.3 Å². The molecule has 154 valence electrons. The average Bonchev–Trinajstić information content (AvgIpc) is 3.24. The molecule has 0 bridgehead atoms. The zero-order valence-corrected chi connectivity index (χ0v) is 17.1. The van der Waals surface area contributed by atoms with E-state index in [1.54, 1.807) is 30.6 Å². The van der Waals surface area contributed by atoms with Crippen molar-refractivity contribution in [3.8, 4) is 5.69 Å².